The van der Waals surface area contributed by atoms with Crippen molar-refractivity contribution in [1.82, 2.24) is 10.2 Å². The van der Waals surface area contributed by atoms with Crippen LogP contribution in [0.2, 0.25) is 0 Å². The highest BCUT2D eigenvalue weighted by Crippen LogP contribution is 1.99. The number of aliphatic hydroxyl groups is 1. The van der Waals surface area contributed by atoms with E-state index in [9.17, 15) is 4.79 Å². The van der Waals surface area contributed by atoms with E-state index in [2.05, 4.69) is 5.32 Å². The maximum atomic E-state index is 11.5. The van der Waals surface area contributed by atoms with Crippen LogP contribution in [-0.4, -0.2) is 48.7 Å². The van der Waals surface area contributed by atoms with Gasteiger partial charge in [-0.25, -0.2) is 0 Å². The lowest BCUT2D eigenvalue weighted by atomic mass is 10.3. The van der Waals surface area contributed by atoms with Gasteiger partial charge in [0, 0.05) is 19.2 Å². The first kappa shape index (κ1) is 12.4. The minimum atomic E-state index is 0.0888. The Bertz CT molecular complexity index is 149. The number of hydrogen-bond donors (Lipinski definition) is 2. The van der Waals surface area contributed by atoms with Crippen molar-refractivity contribution >= 4 is 5.91 Å². The second-order valence-electron chi connectivity index (χ2n) is 3.29. The third kappa shape index (κ3) is 4.85. The van der Waals surface area contributed by atoms with Crippen molar-refractivity contribution < 1.29 is 9.90 Å². The number of hydrogen-bond acceptors (Lipinski definition) is 3. The minimum absolute atomic E-state index is 0.0888. The van der Waals surface area contributed by atoms with E-state index in [1.807, 2.05) is 13.8 Å². The quantitative estimate of drug-likeness (QED) is 0.608. The lowest BCUT2D eigenvalue weighted by molar-refractivity contribution is -0.131. The Labute approximate surface area is 79.9 Å². The van der Waals surface area contributed by atoms with Crippen molar-refractivity contribution in [1.29, 1.82) is 0 Å². The van der Waals surface area contributed by atoms with E-state index in [0.29, 0.717) is 19.5 Å². The molecule has 0 saturated heterocycles. The van der Waals surface area contributed by atoms with Gasteiger partial charge in [0.05, 0.1) is 6.54 Å². The Morgan fingerprint density at radius 3 is 2.54 bits per heavy atom. The Kier molecular flexibility index (Phi) is 6.54. The number of rotatable bonds is 6. The van der Waals surface area contributed by atoms with Crippen LogP contribution in [0.3, 0.4) is 0 Å². The van der Waals surface area contributed by atoms with Gasteiger partial charge in [-0.3, -0.25) is 4.79 Å². The minimum Gasteiger partial charge on any atom is -0.396 e. The van der Waals surface area contributed by atoms with Crippen LogP contribution in [0.5, 0.6) is 0 Å². The molecule has 0 unspecified atom stereocenters. The molecule has 0 aliphatic rings. The van der Waals surface area contributed by atoms with E-state index in [1.165, 1.54) is 0 Å². The molecule has 0 saturated carbocycles. The zero-order valence-electron chi connectivity index (χ0n) is 8.71. The van der Waals surface area contributed by atoms with Gasteiger partial charge in [-0.05, 0) is 27.3 Å². The molecule has 4 heteroatoms. The number of amides is 1. The van der Waals surface area contributed by atoms with Gasteiger partial charge in [0.1, 0.15) is 0 Å². The van der Waals surface area contributed by atoms with Crippen molar-refractivity contribution in [3.05, 3.63) is 0 Å². The molecular formula is C9H20N2O2. The molecule has 0 aromatic carbocycles. The molecule has 0 spiro atoms. The fraction of sp³-hybridized carbons (Fsp3) is 0.889. The van der Waals surface area contributed by atoms with E-state index < -0.39 is 0 Å². The van der Waals surface area contributed by atoms with Crippen molar-refractivity contribution in [2.24, 2.45) is 0 Å². The Morgan fingerprint density at radius 1 is 1.54 bits per heavy atom. The largest absolute Gasteiger partial charge is 0.396 e. The molecule has 2 N–H and O–H groups in total. The first-order chi connectivity index (χ1) is 6.13. The molecule has 1 amide bonds. The highest BCUT2D eigenvalue weighted by Gasteiger charge is 2.14. The van der Waals surface area contributed by atoms with E-state index in [1.54, 1.807) is 11.9 Å². The molecule has 0 bridgehead atoms. The van der Waals surface area contributed by atoms with Crippen LogP contribution in [0.25, 0.3) is 0 Å². The van der Waals surface area contributed by atoms with Crippen LogP contribution >= 0.6 is 0 Å². The van der Waals surface area contributed by atoms with Crippen LogP contribution in [0.4, 0.5) is 0 Å². The molecule has 4 nitrogen and oxygen atoms in total. The summed E-state index contributed by atoms with van der Waals surface area (Å²) in [6.45, 7) is 5.09. The number of carbonyl (C=O) groups is 1. The molecule has 0 aromatic rings. The van der Waals surface area contributed by atoms with E-state index in [4.69, 9.17) is 5.11 Å². The van der Waals surface area contributed by atoms with Gasteiger partial charge in [-0.2, -0.15) is 0 Å². The molecule has 0 fully saturated rings. The lowest BCUT2D eigenvalue weighted by Gasteiger charge is -2.26. The molecule has 0 heterocycles. The maximum Gasteiger partial charge on any atom is 0.236 e. The average molecular weight is 188 g/mol. The van der Waals surface area contributed by atoms with Gasteiger partial charge < -0.3 is 15.3 Å². The van der Waals surface area contributed by atoms with Gasteiger partial charge in [-0.15, -0.1) is 0 Å². The van der Waals surface area contributed by atoms with E-state index >= 15 is 0 Å². The van der Waals surface area contributed by atoms with Crippen LogP contribution in [0, 0.1) is 0 Å². The molecule has 78 valence electrons. The lowest BCUT2D eigenvalue weighted by Crippen LogP contribution is -2.42. The summed E-state index contributed by atoms with van der Waals surface area (Å²) in [6.07, 6.45) is 0.646. The predicted molar refractivity (Wildman–Crippen MR) is 52.5 cm³/mol. The standard InChI is InChI=1S/C9H20N2O2/c1-8(2)11(5-4-6-12)9(13)7-10-3/h8,10,12H,4-7H2,1-3H3. The number of nitrogens with one attached hydrogen (secondary N) is 1. The van der Waals surface area contributed by atoms with Gasteiger partial charge in [-0.1, -0.05) is 0 Å². The topological polar surface area (TPSA) is 52.6 Å². The van der Waals surface area contributed by atoms with E-state index in [0.717, 1.165) is 0 Å². The number of likely N-dealkylation sites (N-methyl/N-ethyl adjacent to an activating group) is 1. The third-order valence-electron chi connectivity index (χ3n) is 1.83. The Morgan fingerprint density at radius 2 is 2.15 bits per heavy atom. The number of carbonyl (C=O) groups excluding carboxylic acids is 1. The van der Waals surface area contributed by atoms with Crippen LogP contribution in [0.15, 0.2) is 0 Å². The smallest absolute Gasteiger partial charge is 0.236 e. The number of aliphatic hydroxyl groups excluding tert-OH is 1. The SMILES string of the molecule is CNCC(=O)N(CCCO)C(C)C. The van der Waals surface area contributed by atoms with Crippen molar-refractivity contribution in [3.63, 3.8) is 0 Å². The normalized spacial score (nSPS) is 10.5. The van der Waals surface area contributed by atoms with Gasteiger partial charge >= 0.3 is 0 Å². The number of nitrogens with zero attached hydrogens (tertiary/aromatic N) is 1. The summed E-state index contributed by atoms with van der Waals surface area (Å²) >= 11 is 0. The highest BCUT2D eigenvalue weighted by molar-refractivity contribution is 5.78. The fourth-order valence-corrected chi connectivity index (χ4v) is 1.16. The summed E-state index contributed by atoms with van der Waals surface area (Å²) in [4.78, 5) is 13.2. The summed E-state index contributed by atoms with van der Waals surface area (Å²) in [7, 11) is 1.75. The molecule has 0 radical (unpaired) electrons. The van der Waals surface area contributed by atoms with Crippen molar-refractivity contribution in [2.45, 2.75) is 26.3 Å². The summed E-state index contributed by atoms with van der Waals surface area (Å²) < 4.78 is 0. The molecular weight excluding hydrogens is 168 g/mol. The zero-order valence-corrected chi connectivity index (χ0v) is 8.71. The predicted octanol–water partition coefficient (Wildman–Crippen LogP) is -0.175. The summed E-state index contributed by atoms with van der Waals surface area (Å²) in [5.41, 5.74) is 0. The summed E-state index contributed by atoms with van der Waals surface area (Å²) in [5, 5.41) is 11.5. The molecule has 0 aliphatic carbocycles. The van der Waals surface area contributed by atoms with Gasteiger partial charge in [0.15, 0.2) is 0 Å². The Hall–Kier alpha value is -0.610. The summed E-state index contributed by atoms with van der Waals surface area (Å²) in [6, 6.07) is 0.201. The fourth-order valence-electron chi connectivity index (χ4n) is 1.16. The first-order valence-corrected chi connectivity index (χ1v) is 4.68. The third-order valence-corrected chi connectivity index (χ3v) is 1.83. The average Bonchev–Trinajstić information content (AvgIpc) is 2.05. The molecule has 0 atom stereocenters. The van der Waals surface area contributed by atoms with Crippen LogP contribution < -0.4 is 5.32 Å². The van der Waals surface area contributed by atoms with Crippen molar-refractivity contribution in [2.75, 3.05) is 26.7 Å². The molecule has 0 aromatic heterocycles. The second kappa shape index (κ2) is 6.86. The van der Waals surface area contributed by atoms with E-state index in [-0.39, 0.29) is 18.6 Å². The maximum absolute atomic E-state index is 11.5. The summed E-state index contributed by atoms with van der Waals surface area (Å²) in [5.74, 6) is 0.0888. The molecule has 0 aliphatic heterocycles. The Balaban J connectivity index is 3.99. The van der Waals surface area contributed by atoms with Gasteiger partial charge in [0.2, 0.25) is 5.91 Å². The second-order valence-corrected chi connectivity index (χ2v) is 3.29. The monoisotopic (exact) mass is 188 g/mol. The highest BCUT2D eigenvalue weighted by atomic mass is 16.3. The first-order valence-electron chi connectivity index (χ1n) is 4.68. The van der Waals surface area contributed by atoms with Gasteiger partial charge in [0.25, 0.3) is 0 Å². The molecule has 0 rings (SSSR count). The zero-order chi connectivity index (χ0) is 10.3. The molecule has 13 heavy (non-hydrogen) atoms. The van der Waals surface area contributed by atoms with Crippen LogP contribution in [0.1, 0.15) is 20.3 Å². The van der Waals surface area contributed by atoms with Crippen LogP contribution in [-0.2, 0) is 4.79 Å². The van der Waals surface area contributed by atoms with Crippen molar-refractivity contribution in [3.8, 4) is 0 Å².